The number of benzene rings is 1. The van der Waals surface area contributed by atoms with E-state index in [1.165, 1.54) is 12.1 Å². The van der Waals surface area contributed by atoms with Gasteiger partial charge in [0.25, 0.3) is 0 Å². The highest BCUT2D eigenvalue weighted by Gasteiger charge is 2.11. The van der Waals surface area contributed by atoms with Gasteiger partial charge in [-0.2, -0.15) is 0 Å². The summed E-state index contributed by atoms with van der Waals surface area (Å²) in [7, 11) is -0.346. The molecule has 0 saturated heterocycles. The molecule has 30 heavy (non-hydrogen) atoms. The molecule has 11 nitrogen and oxygen atoms in total. The average Bonchev–Trinajstić information content (AvgIpc) is 2.53. The van der Waals surface area contributed by atoms with E-state index in [1.807, 2.05) is 27.9 Å². The van der Waals surface area contributed by atoms with Crippen molar-refractivity contribution in [3.63, 3.8) is 0 Å². The molecule has 0 aliphatic heterocycles. The predicted molar refractivity (Wildman–Crippen MR) is 116 cm³/mol. The van der Waals surface area contributed by atoms with Gasteiger partial charge in [-0.05, 0) is 38.3 Å². The van der Waals surface area contributed by atoms with Crippen LogP contribution in [0.1, 0.15) is 13.8 Å². The molecule has 0 heterocycles. The average molecular weight is 494 g/mol. The first-order valence-electron chi connectivity index (χ1n) is 8.27. The molecule has 176 valence electrons. The monoisotopic (exact) mass is 493 g/mol. The minimum atomic E-state index is -4.10. The number of hydrogen-bond acceptors (Lipinski definition) is 7. The van der Waals surface area contributed by atoms with Gasteiger partial charge in [0.15, 0.2) is 6.61 Å². The Morgan fingerprint density at radius 2 is 1.63 bits per heavy atom. The van der Waals surface area contributed by atoms with Gasteiger partial charge >= 0.3 is 19.5 Å². The highest BCUT2D eigenvalue weighted by molar-refractivity contribution is 7.51. The Balaban J connectivity index is -0.000000379. The number of carboxylic acid groups (broad SMARTS) is 2. The number of rotatable bonds is 7. The van der Waals surface area contributed by atoms with Crippen LogP contribution < -0.4 is 21.1 Å². The lowest BCUT2D eigenvalue weighted by atomic mass is 10.3. The van der Waals surface area contributed by atoms with Crippen molar-refractivity contribution in [2.75, 3.05) is 33.5 Å². The van der Waals surface area contributed by atoms with Crippen molar-refractivity contribution in [2.45, 2.75) is 19.9 Å². The summed E-state index contributed by atoms with van der Waals surface area (Å²) in [6.07, 6.45) is -0.598. The van der Waals surface area contributed by atoms with Crippen LogP contribution in [0.2, 0.25) is 10.0 Å². The quantitative estimate of drug-likeness (QED) is 0.271. The molecule has 0 aliphatic rings. The molecule has 0 unspecified atom stereocenters. The third kappa shape index (κ3) is 31.3. The van der Waals surface area contributed by atoms with Gasteiger partial charge in [-0.3, -0.25) is 14.7 Å². The molecule has 0 radical (unpaired) electrons. The smallest absolute Gasteiger partial charge is 0.341 e. The summed E-state index contributed by atoms with van der Waals surface area (Å²) in [5.41, 5.74) is 5.11. The summed E-state index contributed by atoms with van der Waals surface area (Å²) < 4.78 is 14.9. The van der Waals surface area contributed by atoms with Gasteiger partial charge in [-0.25, -0.2) is 4.79 Å². The van der Waals surface area contributed by atoms with Crippen molar-refractivity contribution in [1.82, 2.24) is 10.6 Å². The number of hydrogen-bond donors (Lipinski definition) is 7. The molecule has 1 aromatic rings. The zero-order chi connectivity index (χ0) is 24.3. The van der Waals surface area contributed by atoms with E-state index < -0.39 is 39.0 Å². The van der Waals surface area contributed by atoms with Crippen molar-refractivity contribution in [3.05, 3.63) is 28.2 Å². The van der Waals surface area contributed by atoms with Gasteiger partial charge in [-0.15, -0.1) is 0 Å². The van der Waals surface area contributed by atoms with Crippen molar-refractivity contribution in [1.29, 1.82) is 0 Å². The van der Waals surface area contributed by atoms with Crippen molar-refractivity contribution in [3.8, 4) is 5.75 Å². The minimum absolute atomic E-state index is 0.300. The number of nitrogens with one attached hydrogen (secondary N) is 2. The van der Waals surface area contributed by atoms with E-state index in [1.54, 1.807) is 6.07 Å². The maximum Gasteiger partial charge on any atom is 0.341 e. The van der Waals surface area contributed by atoms with Gasteiger partial charge < -0.3 is 35.8 Å². The number of nitrogens with two attached hydrogens (primary N) is 1. The van der Waals surface area contributed by atoms with Crippen LogP contribution in [0.25, 0.3) is 0 Å². The lowest BCUT2D eigenvalue weighted by molar-refractivity contribution is -0.139. The van der Waals surface area contributed by atoms with Crippen molar-refractivity contribution < 1.29 is 38.9 Å². The molecule has 1 aromatic carbocycles. The van der Waals surface area contributed by atoms with Gasteiger partial charge in [0.1, 0.15) is 5.75 Å². The van der Waals surface area contributed by atoms with E-state index in [0.717, 1.165) is 0 Å². The topological polar surface area (TPSA) is 191 Å². The van der Waals surface area contributed by atoms with E-state index in [9.17, 15) is 14.2 Å². The molecule has 0 aliphatic carbocycles. The Kier molecular flexibility index (Phi) is 21.6. The number of aliphatic carboxylic acids is 2. The molecule has 14 heteroatoms. The second-order valence-corrected chi connectivity index (χ2v) is 8.13. The highest BCUT2D eigenvalue weighted by Crippen LogP contribution is 2.31. The molecule has 0 spiro atoms. The fraction of sp³-hybridized carbons (Fsp3) is 0.500. The number of halogens is 2. The summed E-state index contributed by atoms with van der Waals surface area (Å²) in [6, 6.07) is 4.92. The normalized spacial score (nSPS) is 9.80. The van der Waals surface area contributed by atoms with E-state index in [-0.39, 0.29) is 0 Å². The van der Waals surface area contributed by atoms with E-state index in [4.69, 9.17) is 53.7 Å². The van der Waals surface area contributed by atoms with Crippen LogP contribution in [-0.4, -0.2) is 71.5 Å². The summed E-state index contributed by atoms with van der Waals surface area (Å²) in [4.78, 5) is 36.3. The summed E-state index contributed by atoms with van der Waals surface area (Å²) in [6.45, 7) is 3.03. The van der Waals surface area contributed by atoms with Crippen LogP contribution in [0.4, 0.5) is 0 Å². The third-order valence-corrected chi connectivity index (χ3v) is 3.01. The molecule has 0 fully saturated rings. The maximum absolute atomic E-state index is 10.2. The van der Waals surface area contributed by atoms with E-state index in [2.05, 4.69) is 10.6 Å². The van der Waals surface area contributed by atoms with Crippen LogP contribution in [0.3, 0.4) is 0 Å². The maximum atomic E-state index is 10.2. The largest absolute Gasteiger partial charge is 0.480 e. The fourth-order valence-electron chi connectivity index (χ4n) is 1.04. The van der Waals surface area contributed by atoms with Crippen molar-refractivity contribution in [2.24, 2.45) is 5.73 Å². The predicted octanol–water partition coefficient (Wildman–Crippen LogP) is 1.44. The summed E-state index contributed by atoms with van der Waals surface area (Å²) in [5, 5.41) is 21.9. The van der Waals surface area contributed by atoms with E-state index >= 15 is 0 Å². The van der Waals surface area contributed by atoms with Crippen LogP contribution in [0.15, 0.2) is 18.2 Å². The van der Waals surface area contributed by atoms with E-state index in [0.29, 0.717) is 21.8 Å². The number of ether oxygens (including phenoxy) is 1. The zero-order valence-corrected chi connectivity index (χ0v) is 19.5. The first-order valence-corrected chi connectivity index (χ1v) is 10.8. The second-order valence-electron chi connectivity index (χ2n) is 5.64. The number of carbonyl (C=O) groups is 2. The Hall–Kier alpha value is -1.43. The van der Waals surface area contributed by atoms with Gasteiger partial charge in [0.2, 0.25) is 0 Å². The highest BCUT2D eigenvalue weighted by atomic mass is 35.5. The SMILES string of the molecule is CC(C)N.CNC.O=C(O)CNCP(=O)(O)O.O=C(O)COc1ccc(Cl)cc1Cl. The van der Waals surface area contributed by atoms with Crippen LogP contribution in [0, 0.1) is 0 Å². The summed E-state index contributed by atoms with van der Waals surface area (Å²) in [5.74, 6) is -1.88. The second kappa shape index (κ2) is 19.5. The molecular formula is C16H30Cl2N3O8P. The number of carboxylic acids is 2. The Morgan fingerprint density at radius 3 is 1.97 bits per heavy atom. The Bertz CT molecular complexity index is 657. The van der Waals surface area contributed by atoms with Crippen LogP contribution in [-0.2, 0) is 14.2 Å². The molecule has 0 bridgehead atoms. The molecule has 0 amide bonds. The molecule has 0 atom stereocenters. The summed E-state index contributed by atoms with van der Waals surface area (Å²) >= 11 is 11.3. The van der Waals surface area contributed by atoms with Gasteiger partial charge in [0.05, 0.1) is 17.9 Å². The molecule has 8 N–H and O–H groups in total. The molecule has 1 rings (SSSR count). The fourth-order valence-corrected chi connectivity index (χ4v) is 1.91. The zero-order valence-electron chi connectivity index (χ0n) is 17.1. The Labute approximate surface area is 185 Å². The molecule has 0 saturated carbocycles. The lowest BCUT2D eigenvalue weighted by Crippen LogP contribution is -2.23. The standard InChI is InChI=1S/C8H6Cl2O3.C3H8NO5P.C3H9N.C2H7N/c9-5-1-2-7(6(10)3-5)13-4-8(11)12;5-3(6)1-4-2-10(7,8)9;1-3(2)4;1-3-2/h1-3H,4H2,(H,11,12);4H,1-2H2,(H,5,6)(H2,7,8,9);3H,4H2,1-2H3;3H,1-2H3. The third-order valence-electron chi connectivity index (χ3n) is 1.84. The van der Waals surface area contributed by atoms with Crippen molar-refractivity contribution >= 4 is 42.7 Å². The molecule has 0 aromatic heterocycles. The lowest BCUT2D eigenvalue weighted by Gasteiger charge is -2.04. The van der Waals surface area contributed by atoms with Gasteiger partial charge in [0, 0.05) is 5.02 Å². The van der Waals surface area contributed by atoms with Crippen LogP contribution >= 0.6 is 30.8 Å². The van der Waals surface area contributed by atoms with Gasteiger partial charge in [-0.1, -0.05) is 37.0 Å². The minimum Gasteiger partial charge on any atom is -0.480 e. The Morgan fingerprint density at radius 1 is 1.17 bits per heavy atom. The first-order chi connectivity index (χ1) is 13.7. The first kappa shape index (κ1) is 33.2. The van der Waals surface area contributed by atoms with Crippen LogP contribution in [0.5, 0.6) is 5.75 Å². The molecular weight excluding hydrogens is 464 g/mol.